The zero-order chi connectivity index (χ0) is 29.4. The van der Waals surface area contributed by atoms with E-state index in [0.717, 1.165) is 37.8 Å². The highest BCUT2D eigenvalue weighted by Gasteiger charge is 2.23. The van der Waals surface area contributed by atoms with Crippen molar-refractivity contribution in [1.82, 2.24) is 39.2 Å². The number of imidazole rings is 1. The number of carbonyl (C=O) groups excluding carboxylic acids is 2. The number of aromatic nitrogens is 8. The number of aldehydes is 1. The molecule has 0 radical (unpaired) electrons. The Bertz CT molecular complexity index is 2000. The number of anilines is 3. The fourth-order valence-corrected chi connectivity index (χ4v) is 4.04. The number of fused-ring (bicyclic) bond motifs is 2. The minimum absolute atomic E-state index is 0.193. The smallest absolute Gasteiger partial charge is 0.412 e. The van der Waals surface area contributed by atoms with E-state index >= 15 is 0 Å². The fraction of sp³-hybridized carbons (Fsp3) is 0.280. The van der Waals surface area contributed by atoms with E-state index in [1.807, 2.05) is 0 Å². The normalized spacial score (nSPS) is 15.5. The van der Waals surface area contributed by atoms with Gasteiger partial charge in [-0.1, -0.05) is 0 Å². The van der Waals surface area contributed by atoms with Crippen molar-refractivity contribution in [3.05, 3.63) is 57.0 Å². The van der Waals surface area contributed by atoms with Gasteiger partial charge in [0, 0.05) is 23.4 Å². The van der Waals surface area contributed by atoms with E-state index in [4.69, 9.17) is 5.73 Å². The molecule has 216 valence electrons. The van der Waals surface area contributed by atoms with Crippen LogP contribution in [0.4, 0.5) is 22.2 Å². The molecule has 5 aromatic heterocycles. The molecule has 7 N–H and O–H groups in total. The first-order chi connectivity index (χ1) is 20.3. The lowest BCUT2D eigenvalue weighted by Crippen LogP contribution is -2.22. The standard InChI is InChI=1S/C15H15N7O4.C10H11N5O/c1-26-15(25)20-10-5-11(17-8-2-3-8)22-12(19-10)7(6-16-22)4-9-13(23)21-14(24)18-9;11-8-3-9(13-7-1-2-7)15-10(14-8)6(5-16)4-12-15/h4-6,8,23H,2-3H2,1H3,(H,20,25)(H2,18,21,24);3-5,7,13H,1-2H2,(H2,11,14). The molecule has 2 aliphatic carbocycles. The number of hydrogen-bond donors (Lipinski definition) is 6. The van der Waals surface area contributed by atoms with Gasteiger partial charge in [0.1, 0.15) is 23.1 Å². The van der Waals surface area contributed by atoms with E-state index in [9.17, 15) is 19.5 Å². The maximum atomic E-state index is 11.5. The Morgan fingerprint density at radius 2 is 1.93 bits per heavy atom. The Kier molecular flexibility index (Phi) is 6.73. The maximum Gasteiger partial charge on any atom is 0.412 e. The second kappa shape index (κ2) is 10.7. The molecule has 0 aromatic carbocycles. The van der Waals surface area contributed by atoms with Crippen molar-refractivity contribution in [2.45, 2.75) is 37.8 Å². The summed E-state index contributed by atoms with van der Waals surface area (Å²) in [5.74, 6) is 1.14. The zero-order valence-electron chi connectivity index (χ0n) is 22.2. The molecule has 0 aliphatic heterocycles. The number of aromatic amines is 2. The minimum Gasteiger partial charge on any atom is -0.493 e. The maximum absolute atomic E-state index is 11.5. The van der Waals surface area contributed by atoms with Crippen LogP contribution in [0.1, 0.15) is 41.7 Å². The number of aromatic hydroxyl groups is 1. The van der Waals surface area contributed by atoms with Gasteiger partial charge in [0.15, 0.2) is 23.1 Å². The molecule has 0 spiro atoms. The summed E-state index contributed by atoms with van der Waals surface area (Å²) in [7, 11) is 1.26. The largest absolute Gasteiger partial charge is 0.493 e. The van der Waals surface area contributed by atoms with Gasteiger partial charge in [-0.15, -0.1) is 0 Å². The van der Waals surface area contributed by atoms with E-state index in [1.54, 1.807) is 16.6 Å². The van der Waals surface area contributed by atoms with Crippen LogP contribution >= 0.6 is 0 Å². The Balaban J connectivity index is 0.000000168. The van der Waals surface area contributed by atoms with Crippen LogP contribution in [0, 0.1) is 0 Å². The summed E-state index contributed by atoms with van der Waals surface area (Å²) < 4.78 is 7.74. The molecular weight excluding hydrogens is 548 g/mol. The summed E-state index contributed by atoms with van der Waals surface area (Å²) in [5, 5.41) is 24.5. The lowest BCUT2D eigenvalue weighted by atomic mass is 10.3. The summed E-state index contributed by atoms with van der Waals surface area (Å²) in [6.07, 6.45) is 8.94. The second-order valence-electron chi connectivity index (χ2n) is 9.74. The molecule has 2 aliphatic rings. The highest BCUT2D eigenvalue weighted by atomic mass is 16.5. The molecule has 2 fully saturated rings. The van der Waals surface area contributed by atoms with Crippen molar-refractivity contribution in [2.75, 3.05) is 23.5 Å². The second-order valence-corrected chi connectivity index (χ2v) is 9.74. The van der Waals surface area contributed by atoms with Gasteiger partial charge in [-0.3, -0.25) is 20.1 Å². The summed E-state index contributed by atoms with van der Waals surface area (Å²) in [6.45, 7) is 0. The van der Waals surface area contributed by atoms with Crippen LogP contribution in [-0.2, 0) is 4.74 Å². The average Bonchev–Trinajstić information content (AvgIpc) is 3.85. The van der Waals surface area contributed by atoms with Crippen LogP contribution < -0.4 is 32.8 Å². The van der Waals surface area contributed by atoms with Crippen molar-refractivity contribution >= 4 is 47.2 Å². The number of hydrogen-bond acceptors (Lipinski definition) is 12. The quantitative estimate of drug-likeness (QED) is 0.147. The number of rotatable bonds is 6. The van der Waals surface area contributed by atoms with Gasteiger partial charge in [0.25, 0.3) is 0 Å². The molecule has 1 amide bonds. The monoisotopic (exact) mass is 574 g/mol. The molecule has 7 rings (SSSR count). The van der Waals surface area contributed by atoms with Gasteiger partial charge in [0.05, 0.1) is 31.1 Å². The topological polar surface area (TPSA) is 235 Å². The van der Waals surface area contributed by atoms with Gasteiger partial charge in [-0.2, -0.15) is 19.2 Å². The Labute approximate surface area is 235 Å². The van der Waals surface area contributed by atoms with Crippen LogP contribution in [0.5, 0.6) is 5.88 Å². The molecule has 17 heteroatoms. The van der Waals surface area contributed by atoms with Gasteiger partial charge >= 0.3 is 11.8 Å². The number of H-pyrrole nitrogens is 2. The van der Waals surface area contributed by atoms with E-state index in [-0.39, 0.29) is 23.4 Å². The van der Waals surface area contributed by atoms with Gasteiger partial charge in [0.2, 0.25) is 5.88 Å². The third-order valence-electron chi connectivity index (χ3n) is 6.37. The molecular formula is C25H26N12O5. The first-order valence-electron chi connectivity index (χ1n) is 13.0. The summed E-state index contributed by atoms with van der Waals surface area (Å²) in [5.41, 5.74) is 7.25. The van der Waals surface area contributed by atoms with Crippen LogP contribution in [0.15, 0.2) is 34.3 Å². The summed E-state index contributed by atoms with van der Waals surface area (Å²) >= 11 is 0. The molecule has 0 saturated heterocycles. The molecule has 5 heterocycles. The highest BCUT2D eigenvalue weighted by molar-refractivity contribution is 5.85. The highest BCUT2D eigenvalue weighted by Crippen LogP contribution is 2.26. The number of methoxy groups -OCH3 is 1. The third-order valence-corrected chi connectivity index (χ3v) is 6.37. The molecule has 5 aromatic rings. The lowest BCUT2D eigenvalue weighted by molar-refractivity contribution is 0.112. The number of nitrogens with zero attached hydrogens (tertiary/aromatic N) is 7. The number of ether oxygens (including phenoxy) is 1. The molecule has 0 bridgehead atoms. The van der Waals surface area contributed by atoms with Crippen LogP contribution in [0.2, 0.25) is 0 Å². The number of nitrogens with one attached hydrogen (secondary N) is 4. The van der Waals surface area contributed by atoms with Crippen molar-refractivity contribution < 1.29 is 19.4 Å². The Hall–Kier alpha value is -5.74. The van der Waals surface area contributed by atoms with Crippen LogP contribution in [-0.4, -0.2) is 75.8 Å². The van der Waals surface area contributed by atoms with Crippen molar-refractivity contribution in [1.29, 1.82) is 0 Å². The Morgan fingerprint density at radius 3 is 2.60 bits per heavy atom. The molecule has 0 unspecified atom stereocenters. The van der Waals surface area contributed by atoms with Crippen molar-refractivity contribution in [2.24, 2.45) is 4.99 Å². The van der Waals surface area contributed by atoms with Crippen LogP contribution in [0.3, 0.4) is 0 Å². The molecule has 0 atom stereocenters. The Morgan fingerprint density at radius 1 is 1.14 bits per heavy atom. The van der Waals surface area contributed by atoms with Crippen molar-refractivity contribution in [3.63, 3.8) is 0 Å². The number of amides is 1. The predicted octanol–water partition coefficient (Wildman–Crippen LogP) is -0.0613. The summed E-state index contributed by atoms with van der Waals surface area (Å²) in [4.78, 5) is 51.3. The summed E-state index contributed by atoms with van der Waals surface area (Å²) in [6, 6.07) is 4.06. The first kappa shape index (κ1) is 26.5. The van der Waals surface area contributed by atoms with E-state index < -0.39 is 11.8 Å². The van der Waals surface area contributed by atoms with Gasteiger partial charge in [-0.25, -0.2) is 19.6 Å². The first-order valence-corrected chi connectivity index (χ1v) is 13.0. The third kappa shape index (κ3) is 5.60. The van der Waals surface area contributed by atoms with E-state index in [0.29, 0.717) is 39.4 Å². The number of nitrogens with two attached hydrogens (primary N) is 1. The van der Waals surface area contributed by atoms with E-state index in [1.165, 1.54) is 30.1 Å². The average molecular weight is 575 g/mol. The van der Waals surface area contributed by atoms with Gasteiger partial charge < -0.3 is 25.9 Å². The molecule has 17 nitrogen and oxygen atoms in total. The number of carbonyl (C=O) groups is 2. The molecule has 42 heavy (non-hydrogen) atoms. The lowest BCUT2D eigenvalue weighted by Gasteiger charge is -2.07. The number of nitrogen functional groups attached to an aromatic ring is 1. The zero-order valence-corrected chi connectivity index (χ0v) is 22.2. The SMILES string of the molecule is COC(=O)Nc1cc(=NC2CC2)n2ncc(=Cc3[nH]c(=O)[nH]c3O)c2n1.Nc1cc(NC2CC2)n2ncc(C=O)c2n1. The van der Waals surface area contributed by atoms with E-state index in [2.05, 4.69) is 50.5 Å². The predicted molar refractivity (Wildman–Crippen MR) is 149 cm³/mol. The minimum atomic E-state index is -0.656. The van der Waals surface area contributed by atoms with Crippen LogP contribution in [0.25, 0.3) is 17.4 Å². The molecule has 2 saturated carbocycles. The fourth-order valence-electron chi connectivity index (χ4n) is 4.04. The van der Waals surface area contributed by atoms with Gasteiger partial charge in [-0.05, 0) is 31.8 Å². The van der Waals surface area contributed by atoms with Crippen molar-refractivity contribution in [3.8, 4) is 5.88 Å².